The highest BCUT2D eigenvalue weighted by atomic mass is 16.5. The molecule has 1 aliphatic heterocycles. The van der Waals surface area contributed by atoms with E-state index in [1.165, 1.54) is 22.3 Å². The molecule has 0 bridgehead atoms. The van der Waals surface area contributed by atoms with E-state index in [0.717, 1.165) is 31.7 Å². The first-order valence-electron chi connectivity index (χ1n) is 11.0. The Balaban J connectivity index is 1.32. The first-order valence-corrected chi connectivity index (χ1v) is 11.0. The lowest BCUT2D eigenvalue weighted by molar-refractivity contribution is -0.122. The van der Waals surface area contributed by atoms with Crippen molar-refractivity contribution in [2.75, 3.05) is 26.7 Å². The number of ether oxygens (including phenoxy) is 1. The lowest BCUT2D eigenvalue weighted by Crippen LogP contribution is -2.40. The van der Waals surface area contributed by atoms with Gasteiger partial charge in [-0.3, -0.25) is 9.69 Å². The summed E-state index contributed by atoms with van der Waals surface area (Å²) < 4.78 is 5.35. The average molecular weight is 415 g/mol. The number of methoxy groups -OCH3 is 1. The minimum Gasteiger partial charge on any atom is -0.497 e. The van der Waals surface area contributed by atoms with Crippen LogP contribution in [0.5, 0.6) is 5.75 Å². The number of hydrogen-bond donors (Lipinski definition) is 1. The first-order chi connectivity index (χ1) is 15.2. The molecule has 3 aromatic carbocycles. The fraction of sp³-hybridized carbons (Fsp3) is 0.296. The van der Waals surface area contributed by atoms with E-state index in [1.54, 1.807) is 7.11 Å². The summed E-state index contributed by atoms with van der Waals surface area (Å²) in [4.78, 5) is 14.8. The van der Waals surface area contributed by atoms with Crippen LogP contribution in [0.4, 0.5) is 0 Å². The van der Waals surface area contributed by atoms with Gasteiger partial charge < -0.3 is 10.1 Å². The molecule has 0 spiro atoms. The zero-order valence-electron chi connectivity index (χ0n) is 18.1. The third-order valence-electron chi connectivity index (χ3n) is 6.03. The normalized spacial score (nSPS) is 13.6. The van der Waals surface area contributed by atoms with E-state index in [1.807, 2.05) is 18.2 Å². The third kappa shape index (κ3) is 5.53. The van der Waals surface area contributed by atoms with Crippen LogP contribution in [-0.2, 0) is 17.8 Å². The standard InChI is InChI=1S/C27H30N2O2/c1-31-25-13-12-21-15-17-29(19-24(21)18-25)20-27(30)28-16-14-26(22-8-4-2-5-9-22)23-10-6-3-7-11-23/h2-13,18,26H,14-17,19-20H2,1H3,(H,28,30). The molecule has 1 N–H and O–H groups in total. The van der Waals surface area contributed by atoms with Gasteiger partial charge in [0.15, 0.2) is 0 Å². The highest BCUT2D eigenvalue weighted by molar-refractivity contribution is 5.78. The number of hydrogen-bond acceptors (Lipinski definition) is 3. The van der Waals surface area contributed by atoms with E-state index in [-0.39, 0.29) is 11.8 Å². The van der Waals surface area contributed by atoms with Gasteiger partial charge in [0.25, 0.3) is 0 Å². The molecule has 1 amide bonds. The molecule has 4 heteroatoms. The summed E-state index contributed by atoms with van der Waals surface area (Å²) in [6.45, 7) is 2.78. The predicted molar refractivity (Wildman–Crippen MR) is 124 cm³/mol. The van der Waals surface area contributed by atoms with Crippen molar-refractivity contribution in [1.29, 1.82) is 0 Å². The fourth-order valence-corrected chi connectivity index (χ4v) is 4.37. The molecule has 0 unspecified atom stereocenters. The van der Waals surface area contributed by atoms with E-state index in [9.17, 15) is 4.79 Å². The zero-order valence-corrected chi connectivity index (χ0v) is 18.1. The average Bonchev–Trinajstić information content (AvgIpc) is 2.82. The van der Waals surface area contributed by atoms with Gasteiger partial charge >= 0.3 is 0 Å². The summed E-state index contributed by atoms with van der Waals surface area (Å²) in [7, 11) is 1.69. The maximum atomic E-state index is 12.6. The van der Waals surface area contributed by atoms with Crippen LogP contribution in [0, 0.1) is 0 Å². The van der Waals surface area contributed by atoms with Crippen LogP contribution in [0.25, 0.3) is 0 Å². The Morgan fingerprint density at radius 3 is 2.29 bits per heavy atom. The molecule has 1 heterocycles. The number of rotatable bonds is 8. The predicted octanol–water partition coefficient (Wildman–Crippen LogP) is 4.39. The van der Waals surface area contributed by atoms with Gasteiger partial charge in [-0.1, -0.05) is 66.7 Å². The number of nitrogens with zero attached hydrogens (tertiary/aromatic N) is 1. The van der Waals surface area contributed by atoms with Gasteiger partial charge in [-0.25, -0.2) is 0 Å². The molecule has 0 saturated carbocycles. The van der Waals surface area contributed by atoms with Crippen molar-refractivity contribution in [2.24, 2.45) is 0 Å². The monoisotopic (exact) mass is 414 g/mol. The van der Waals surface area contributed by atoms with Gasteiger partial charge in [0.05, 0.1) is 13.7 Å². The zero-order chi connectivity index (χ0) is 21.5. The topological polar surface area (TPSA) is 41.6 Å². The number of nitrogens with one attached hydrogen (secondary N) is 1. The maximum absolute atomic E-state index is 12.6. The minimum absolute atomic E-state index is 0.0891. The maximum Gasteiger partial charge on any atom is 0.234 e. The molecule has 160 valence electrons. The molecule has 1 aliphatic rings. The van der Waals surface area contributed by atoms with Crippen LogP contribution in [0.3, 0.4) is 0 Å². The van der Waals surface area contributed by atoms with E-state index in [2.05, 4.69) is 70.9 Å². The molecule has 31 heavy (non-hydrogen) atoms. The van der Waals surface area contributed by atoms with Gasteiger partial charge in [0, 0.05) is 25.6 Å². The number of carbonyl (C=O) groups excluding carboxylic acids is 1. The summed E-state index contributed by atoms with van der Waals surface area (Å²) in [5.41, 5.74) is 5.17. The summed E-state index contributed by atoms with van der Waals surface area (Å²) in [6.07, 6.45) is 1.84. The smallest absolute Gasteiger partial charge is 0.234 e. The lowest BCUT2D eigenvalue weighted by atomic mass is 9.88. The Morgan fingerprint density at radius 1 is 0.968 bits per heavy atom. The minimum atomic E-state index is 0.0891. The molecule has 3 aromatic rings. The van der Waals surface area contributed by atoms with Gasteiger partial charge in [0.2, 0.25) is 5.91 Å². The second-order valence-electron chi connectivity index (χ2n) is 8.11. The number of amides is 1. The van der Waals surface area contributed by atoms with Crippen LogP contribution in [0.2, 0.25) is 0 Å². The van der Waals surface area contributed by atoms with Crippen molar-refractivity contribution < 1.29 is 9.53 Å². The Hall–Kier alpha value is -3.11. The Bertz CT molecular complexity index is 949. The number of benzene rings is 3. The Kier molecular flexibility index (Phi) is 7.00. The van der Waals surface area contributed by atoms with Crippen molar-refractivity contribution in [3.05, 3.63) is 101 Å². The molecule has 0 radical (unpaired) electrons. The quantitative estimate of drug-likeness (QED) is 0.594. The summed E-state index contributed by atoms with van der Waals surface area (Å²) in [6, 6.07) is 27.3. The molecule has 0 atom stereocenters. The fourth-order valence-electron chi connectivity index (χ4n) is 4.37. The summed E-state index contributed by atoms with van der Waals surface area (Å²) in [5.74, 6) is 1.24. The van der Waals surface area contributed by atoms with E-state index >= 15 is 0 Å². The summed E-state index contributed by atoms with van der Waals surface area (Å²) >= 11 is 0. The Labute approximate surface area is 184 Å². The van der Waals surface area contributed by atoms with Gasteiger partial charge in [-0.2, -0.15) is 0 Å². The molecule has 0 fully saturated rings. The largest absolute Gasteiger partial charge is 0.497 e. The van der Waals surface area contributed by atoms with Gasteiger partial charge in [-0.15, -0.1) is 0 Å². The Morgan fingerprint density at radius 2 is 1.65 bits per heavy atom. The number of carbonyl (C=O) groups is 1. The molecule has 4 rings (SSSR count). The molecular formula is C27H30N2O2. The van der Waals surface area contributed by atoms with E-state index in [0.29, 0.717) is 13.1 Å². The SMILES string of the molecule is COc1ccc2c(c1)CN(CC(=O)NCCC(c1ccccc1)c1ccccc1)CC2. The second-order valence-corrected chi connectivity index (χ2v) is 8.11. The van der Waals surface area contributed by atoms with Crippen LogP contribution in [-0.4, -0.2) is 37.6 Å². The van der Waals surface area contributed by atoms with Crippen LogP contribution in [0.15, 0.2) is 78.9 Å². The van der Waals surface area contributed by atoms with Gasteiger partial charge in [0.1, 0.15) is 5.75 Å². The first kappa shape index (κ1) is 21.1. The van der Waals surface area contributed by atoms with Crippen LogP contribution in [0.1, 0.15) is 34.6 Å². The van der Waals surface area contributed by atoms with Crippen molar-refractivity contribution >= 4 is 5.91 Å². The van der Waals surface area contributed by atoms with Crippen molar-refractivity contribution in [2.45, 2.75) is 25.3 Å². The number of fused-ring (bicyclic) bond motifs is 1. The molecular weight excluding hydrogens is 384 g/mol. The van der Waals surface area contributed by atoms with Crippen molar-refractivity contribution in [1.82, 2.24) is 10.2 Å². The molecule has 4 nitrogen and oxygen atoms in total. The van der Waals surface area contributed by atoms with Crippen LogP contribution >= 0.6 is 0 Å². The van der Waals surface area contributed by atoms with E-state index < -0.39 is 0 Å². The molecule has 0 aromatic heterocycles. The highest BCUT2D eigenvalue weighted by Crippen LogP contribution is 2.27. The lowest BCUT2D eigenvalue weighted by Gasteiger charge is -2.28. The van der Waals surface area contributed by atoms with Gasteiger partial charge in [-0.05, 0) is 47.2 Å². The van der Waals surface area contributed by atoms with Crippen LogP contribution < -0.4 is 10.1 Å². The van der Waals surface area contributed by atoms with Crippen molar-refractivity contribution in [3.8, 4) is 5.75 Å². The highest BCUT2D eigenvalue weighted by Gasteiger charge is 2.19. The second kappa shape index (κ2) is 10.3. The molecule has 0 saturated heterocycles. The van der Waals surface area contributed by atoms with E-state index in [4.69, 9.17) is 4.74 Å². The van der Waals surface area contributed by atoms with Crippen molar-refractivity contribution in [3.63, 3.8) is 0 Å². The third-order valence-corrected chi connectivity index (χ3v) is 6.03. The molecule has 0 aliphatic carbocycles. The summed E-state index contributed by atoms with van der Waals surface area (Å²) in [5, 5.41) is 3.14.